The van der Waals surface area contributed by atoms with Crippen molar-refractivity contribution in [3.8, 4) is 18.1 Å². The van der Waals surface area contributed by atoms with Crippen molar-refractivity contribution >= 4 is 0 Å². The first-order valence-corrected chi connectivity index (χ1v) is 7.69. The third kappa shape index (κ3) is 4.28. The van der Waals surface area contributed by atoms with Crippen LogP contribution in [0.1, 0.15) is 44.6 Å². The monoisotopic (exact) mass is 271 g/mol. The predicted octanol–water partition coefficient (Wildman–Crippen LogP) is 3.76. The molecule has 0 radical (unpaired) electrons. The molecule has 1 aliphatic carbocycles. The molecule has 20 heavy (non-hydrogen) atoms. The van der Waals surface area contributed by atoms with Gasteiger partial charge < -0.3 is 10.1 Å². The normalized spacial score (nSPS) is 17.4. The second kappa shape index (κ2) is 7.97. The minimum absolute atomic E-state index is 0.329. The van der Waals surface area contributed by atoms with Crippen LogP contribution in [0.5, 0.6) is 5.75 Å². The molecule has 1 aliphatic rings. The number of terminal acetylenes is 1. The molecule has 0 unspecified atom stereocenters. The Kier molecular flexibility index (Phi) is 5.95. The quantitative estimate of drug-likeness (QED) is 0.796. The predicted molar refractivity (Wildman–Crippen MR) is 83.6 cm³/mol. The number of para-hydroxylation sites is 1. The molecule has 1 aromatic rings. The van der Waals surface area contributed by atoms with Crippen molar-refractivity contribution in [1.29, 1.82) is 0 Å². The van der Waals surface area contributed by atoms with Gasteiger partial charge in [0, 0.05) is 18.2 Å². The van der Waals surface area contributed by atoms with Crippen molar-refractivity contribution in [1.82, 2.24) is 5.32 Å². The topological polar surface area (TPSA) is 21.3 Å². The summed E-state index contributed by atoms with van der Waals surface area (Å²) in [4.78, 5) is 0. The van der Waals surface area contributed by atoms with Crippen molar-refractivity contribution in [3.05, 3.63) is 29.8 Å². The Morgan fingerprint density at radius 3 is 2.80 bits per heavy atom. The van der Waals surface area contributed by atoms with Gasteiger partial charge in [-0.15, -0.1) is 6.42 Å². The van der Waals surface area contributed by atoms with Gasteiger partial charge in [-0.25, -0.2) is 0 Å². The van der Waals surface area contributed by atoms with E-state index in [1.165, 1.54) is 37.7 Å². The maximum absolute atomic E-state index is 5.59. The highest BCUT2D eigenvalue weighted by Crippen LogP contribution is 2.27. The highest BCUT2D eigenvalue weighted by Gasteiger charge is 2.19. The molecule has 1 saturated carbocycles. The van der Waals surface area contributed by atoms with Gasteiger partial charge in [-0.05, 0) is 31.7 Å². The molecule has 2 nitrogen and oxygen atoms in total. The Bertz CT molecular complexity index is 443. The molecule has 0 bridgehead atoms. The van der Waals surface area contributed by atoms with Crippen LogP contribution in [0.4, 0.5) is 0 Å². The van der Waals surface area contributed by atoms with Crippen LogP contribution in [0.15, 0.2) is 24.3 Å². The van der Waals surface area contributed by atoms with E-state index in [9.17, 15) is 0 Å². The maximum atomic E-state index is 5.59. The third-order valence-corrected chi connectivity index (χ3v) is 4.26. The Morgan fingerprint density at radius 2 is 2.05 bits per heavy atom. The molecule has 0 aliphatic heterocycles. The van der Waals surface area contributed by atoms with Crippen LogP contribution < -0.4 is 10.1 Å². The first kappa shape index (κ1) is 14.9. The van der Waals surface area contributed by atoms with Crippen molar-refractivity contribution < 1.29 is 4.74 Å². The van der Waals surface area contributed by atoms with Gasteiger partial charge >= 0.3 is 0 Å². The minimum atomic E-state index is 0.329. The standard InChI is InChI=1S/C18H25NO/c1-3-13-20-18-12-8-7-11-17(18)14-19-15(2)16-9-5-4-6-10-16/h1,7-8,11-12,15-16,19H,4-6,9-10,13-14H2,2H3/t15-/m1/s1. The second-order valence-corrected chi connectivity index (χ2v) is 5.67. The lowest BCUT2D eigenvalue weighted by Crippen LogP contribution is -2.34. The third-order valence-electron chi connectivity index (χ3n) is 4.26. The smallest absolute Gasteiger partial charge is 0.148 e. The Balaban J connectivity index is 1.88. The number of hydrogen-bond donors (Lipinski definition) is 1. The van der Waals surface area contributed by atoms with Crippen LogP contribution in [0.3, 0.4) is 0 Å². The zero-order valence-electron chi connectivity index (χ0n) is 12.4. The fourth-order valence-electron chi connectivity index (χ4n) is 2.98. The molecule has 1 fully saturated rings. The summed E-state index contributed by atoms with van der Waals surface area (Å²) in [5.74, 6) is 4.24. The van der Waals surface area contributed by atoms with Gasteiger partial charge in [-0.1, -0.05) is 43.4 Å². The van der Waals surface area contributed by atoms with Crippen LogP contribution in [0, 0.1) is 18.3 Å². The molecule has 0 spiro atoms. The van der Waals surface area contributed by atoms with Gasteiger partial charge in [-0.3, -0.25) is 0 Å². The SMILES string of the molecule is C#CCOc1ccccc1CN[C@H](C)C1CCCCC1. The molecule has 0 saturated heterocycles. The van der Waals surface area contributed by atoms with Crippen LogP contribution in [-0.2, 0) is 6.54 Å². The summed E-state index contributed by atoms with van der Waals surface area (Å²) in [5.41, 5.74) is 1.19. The first-order chi connectivity index (χ1) is 9.81. The van der Waals surface area contributed by atoms with E-state index in [1.807, 2.05) is 18.2 Å². The lowest BCUT2D eigenvalue weighted by atomic mass is 9.84. The zero-order valence-corrected chi connectivity index (χ0v) is 12.4. The van der Waals surface area contributed by atoms with Gasteiger partial charge in [0.05, 0.1) is 0 Å². The molecule has 108 valence electrons. The highest BCUT2D eigenvalue weighted by atomic mass is 16.5. The molecule has 2 rings (SSSR count). The maximum Gasteiger partial charge on any atom is 0.148 e. The van der Waals surface area contributed by atoms with Gasteiger partial charge in [0.25, 0.3) is 0 Å². The molecular formula is C18H25NO. The van der Waals surface area contributed by atoms with E-state index >= 15 is 0 Å². The zero-order chi connectivity index (χ0) is 14.2. The number of nitrogens with one attached hydrogen (secondary N) is 1. The van der Waals surface area contributed by atoms with E-state index in [2.05, 4.69) is 24.2 Å². The summed E-state index contributed by atoms with van der Waals surface area (Å²) in [7, 11) is 0. The molecule has 0 heterocycles. The number of rotatable bonds is 6. The Hall–Kier alpha value is -1.46. The molecule has 0 amide bonds. The summed E-state index contributed by atoms with van der Waals surface area (Å²) in [6, 6.07) is 8.69. The Morgan fingerprint density at radius 1 is 1.30 bits per heavy atom. The van der Waals surface area contributed by atoms with Crippen molar-refractivity contribution in [2.75, 3.05) is 6.61 Å². The van der Waals surface area contributed by atoms with Crippen LogP contribution in [0.2, 0.25) is 0 Å². The fraction of sp³-hybridized carbons (Fsp3) is 0.556. The molecule has 2 heteroatoms. The van der Waals surface area contributed by atoms with Crippen LogP contribution in [0.25, 0.3) is 0 Å². The van der Waals surface area contributed by atoms with Gasteiger partial charge in [0.15, 0.2) is 0 Å². The van der Waals surface area contributed by atoms with Crippen molar-refractivity contribution in [2.45, 2.75) is 51.6 Å². The number of benzene rings is 1. The highest BCUT2D eigenvalue weighted by molar-refractivity contribution is 5.33. The Labute approximate surface area is 122 Å². The largest absolute Gasteiger partial charge is 0.481 e. The first-order valence-electron chi connectivity index (χ1n) is 7.69. The van der Waals surface area contributed by atoms with E-state index in [0.29, 0.717) is 12.6 Å². The summed E-state index contributed by atoms with van der Waals surface area (Å²) < 4.78 is 5.59. The average molecular weight is 271 g/mol. The summed E-state index contributed by atoms with van der Waals surface area (Å²) >= 11 is 0. The van der Waals surface area contributed by atoms with E-state index in [4.69, 9.17) is 11.2 Å². The molecular weight excluding hydrogens is 246 g/mol. The lowest BCUT2D eigenvalue weighted by molar-refractivity contribution is 0.279. The van der Waals surface area contributed by atoms with Crippen LogP contribution in [-0.4, -0.2) is 12.6 Å². The fourth-order valence-corrected chi connectivity index (χ4v) is 2.98. The summed E-state index contributed by atoms with van der Waals surface area (Å²) in [6.45, 7) is 3.48. The summed E-state index contributed by atoms with van der Waals surface area (Å²) in [6.07, 6.45) is 12.2. The number of hydrogen-bond acceptors (Lipinski definition) is 2. The van der Waals surface area contributed by atoms with Crippen molar-refractivity contribution in [3.63, 3.8) is 0 Å². The number of ether oxygens (including phenoxy) is 1. The van der Waals surface area contributed by atoms with Crippen molar-refractivity contribution in [2.24, 2.45) is 5.92 Å². The lowest BCUT2D eigenvalue weighted by Gasteiger charge is -2.28. The summed E-state index contributed by atoms with van der Waals surface area (Å²) in [5, 5.41) is 3.65. The van der Waals surface area contributed by atoms with Gasteiger partial charge in [-0.2, -0.15) is 0 Å². The minimum Gasteiger partial charge on any atom is -0.481 e. The van der Waals surface area contributed by atoms with E-state index in [1.54, 1.807) is 0 Å². The molecule has 0 aromatic heterocycles. The van der Waals surface area contributed by atoms with E-state index < -0.39 is 0 Å². The average Bonchev–Trinajstić information content (AvgIpc) is 2.52. The van der Waals surface area contributed by atoms with Gasteiger partial charge in [0.2, 0.25) is 0 Å². The van der Waals surface area contributed by atoms with Gasteiger partial charge in [0.1, 0.15) is 12.4 Å². The van der Waals surface area contributed by atoms with Crippen LogP contribution >= 0.6 is 0 Å². The molecule has 1 atom stereocenters. The molecule has 1 N–H and O–H groups in total. The second-order valence-electron chi connectivity index (χ2n) is 5.67. The van der Waals surface area contributed by atoms with E-state index in [0.717, 1.165) is 18.2 Å². The van der Waals surface area contributed by atoms with E-state index in [-0.39, 0.29) is 0 Å². The molecule has 1 aromatic carbocycles.